The molecule has 0 aliphatic carbocycles. The molecule has 0 fully saturated rings. The average Bonchev–Trinajstić information content (AvgIpc) is 2.70. The van der Waals surface area contributed by atoms with Crippen LogP contribution in [0, 0.1) is 5.41 Å². The molecule has 0 atom stereocenters. The van der Waals surface area contributed by atoms with E-state index in [1.54, 1.807) is 26.2 Å². The topological polar surface area (TPSA) is 83.8 Å². The smallest absolute Gasteiger partial charge is 0.232 e. The van der Waals surface area contributed by atoms with E-state index in [0.717, 1.165) is 5.82 Å². The summed E-state index contributed by atoms with van der Waals surface area (Å²) in [4.78, 5) is 18.9. The molecule has 0 saturated carbocycles. The standard InChI is InChI=1S/C10H16N4OS/c1-10(2,8(11)16)9(15)14-4-3-7-12-5-6-13-7/h5-6H,3-4H2,1-2H3,(H2,11,16)(H,12,13)(H,14,15). The van der Waals surface area contributed by atoms with Crippen LogP contribution < -0.4 is 11.1 Å². The Morgan fingerprint density at radius 3 is 2.88 bits per heavy atom. The number of aromatic nitrogens is 2. The van der Waals surface area contributed by atoms with Gasteiger partial charge < -0.3 is 16.0 Å². The molecule has 0 saturated heterocycles. The minimum Gasteiger partial charge on any atom is -0.392 e. The number of carbonyl (C=O) groups excluding carboxylic acids is 1. The molecule has 0 unspecified atom stereocenters. The number of H-pyrrole nitrogens is 1. The Morgan fingerprint density at radius 1 is 1.69 bits per heavy atom. The number of hydrogen-bond donors (Lipinski definition) is 3. The van der Waals surface area contributed by atoms with Gasteiger partial charge in [-0.15, -0.1) is 0 Å². The summed E-state index contributed by atoms with van der Waals surface area (Å²) in [7, 11) is 0. The molecule has 0 radical (unpaired) electrons. The quantitative estimate of drug-likeness (QED) is 0.650. The lowest BCUT2D eigenvalue weighted by Gasteiger charge is -2.21. The second kappa shape index (κ2) is 5.07. The zero-order chi connectivity index (χ0) is 12.2. The first kappa shape index (κ1) is 12.6. The molecule has 5 nitrogen and oxygen atoms in total. The van der Waals surface area contributed by atoms with Crippen LogP contribution in [-0.2, 0) is 11.2 Å². The molecule has 0 spiro atoms. The summed E-state index contributed by atoms with van der Waals surface area (Å²) in [5.41, 5.74) is 4.68. The van der Waals surface area contributed by atoms with Crippen LogP contribution >= 0.6 is 12.2 Å². The number of thiocarbonyl (C=S) groups is 1. The monoisotopic (exact) mass is 240 g/mol. The van der Waals surface area contributed by atoms with Gasteiger partial charge in [0, 0.05) is 25.4 Å². The van der Waals surface area contributed by atoms with Crippen molar-refractivity contribution >= 4 is 23.1 Å². The van der Waals surface area contributed by atoms with Gasteiger partial charge in [-0.05, 0) is 13.8 Å². The number of nitrogens with two attached hydrogens (primary N) is 1. The molecule has 0 aliphatic rings. The van der Waals surface area contributed by atoms with Crippen molar-refractivity contribution in [1.82, 2.24) is 15.3 Å². The van der Waals surface area contributed by atoms with Crippen molar-refractivity contribution in [2.45, 2.75) is 20.3 Å². The minimum absolute atomic E-state index is 0.161. The lowest BCUT2D eigenvalue weighted by atomic mass is 9.92. The molecule has 6 heteroatoms. The fourth-order valence-electron chi connectivity index (χ4n) is 1.06. The van der Waals surface area contributed by atoms with Crippen molar-refractivity contribution in [3.63, 3.8) is 0 Å². The van der Waals surface area contributed by atoms with Crippen LogP contribution in [0.15, 0.2) is 12.4 Å². The van der Waals surface area contributed by atoms with Crippen LogP contribution in [0.25, 0.3) is 0 Å². The molecule has 1 amide bonds. The van der Waals surface area contributed by atoms with E-state index in [1.807, 2.05) is 0 Å². The summed E-state index contributed by atoms with van der Waals surface area (Å²) in [5.74, 6) is 0.681. The molecule has 1 aromatic heterocycles. The van der Waals surface area contributed by atoms with Crippen LogP contribution in [0.3, 0.4) is 0 Å². The first-order valence-electron chi connectivity index (χ1n) is 5.01. The molecular weight excluding hydrogens is 224 g/mol. The van der Waals surface area contributed by atoms with E-state index in [1.165, 1.54) is 0 Å². The van der Waals surface area contributed by atoms with Crippen molar-refractivity contribution in [3.8, 4) is 0 Å². The van der Waals surface area contributed by atoms with Gasteiger partial charge in [-0.25, -0.2) is 4.98 Å². The van der Waals surface area contributed by atoms with E-state index >= 15 is 0 Å². The zero-order valence-electron chi connectivity index (χ0n) is 9.41. The fraction of sp³-hybridized carbons (Fsp3) is 0.500. The molecular formula is C10H16N4OS. The van der Waals surface area contributed by atoms with Gasteiger partial charge in [0.15, 0.2) is 0 Å². The van der Waals surface area contributed by atoms with E-state index in [9.17, 15) is 4.79 Å². The van der Waals surface area contributed by atoms with Crippen molar-refractivity contribution in [1.29, 1.82) is 0 Å². The van der Waals surface area contributed by atoms with E-state index in [0.29, 0.717) is 13.0 Å². The second-order valence-electron chi connectivity index (χ2n) is 4.03. The van der Waals surface area contributed by atoms with E-state index < -0.39 is 5.41 Å². The van der Waals surface area contributed by atoms with E-state index in [2.05, 4.69) is 15.3 Å². The summed E-state index contributed by atoms with van der Waals surface area (Å²) < 4.78 is 0. The molecule has 16 heavy (non-hydrogen) atoms. The first-order chi connectivity index (χ1) is 7.44. The van der Waals surface area contributed by atoms with Crippen LogP contribution in [-0.4, -0.2) is 27.4 Å². The number of carbonyl (C=O) groups is 1. The molecule has 88 valence electrons. The SMILES string of the molecule is CC(C)(C(=O)NCCc1ncc[nH]1)C(N)=S. The van der Waals surface area contributed by atoms with Gasteiger partial charge in [0.05, 0.1) is 10.4 Å². The van der Waals surface area contributed by atoms with Crippen LogP contribution in [0.4, 0.5) is 0 Å². The van der Waals surface area contributed by atoms with E-state index in [-0.39, 0.29) is 10.9 Å². The predicted octanol–water partition coefficient (Wildman–Crippen LogP) is 0.381. The predicted molar refractivity (Wildman–Crippen MR) is 65.9 cm³/mol. The number of hydrogen-bond acceptors (Lipinski definition) is 3. The molecule has 0 bridgehead atoms. The summed E-state index contributed by atoms with van der Waals surface area (Å²) in [6.07, 6.45) is 4.08. The van der Waals surface area contributed by atoms with Gasteiger partial charge in [-0.3, -0.25) is 4.79 Å². The highest BCUT2D eigenvalue weighted by Crippen LogP contribution is 2.14. The van der Waals surface area contributed by atoms with Crippen molar-refractivity contribution in [2.75, 3.05) is 6.54 Å². The zero-order valence-corrected chi connectivity index (χ0v) is 10.2. The Labute approximate surface area is 99.8 Å². The number of nitrogens with one attached hydrogen (secondary N) is 2. The largest absolute Gasteiger partial charge is 0.392 e. The Kier molecular flexibility index (Phi) is 4.00. The maximum atomic E-state index is 11.7. The number of aromatic amines is 1. The number of amides is 1. The third kappa shape index (κ3) is 3.03. The van der Waals surface area contributed by atoms with Crippen LogP contribution in [0.2, 0.25) is 0 Å². The number of nitrogens with zero attached hydrogens (tertiary/aromatic N) is 1. The molecule has 1 aromatic rings. The summed E-state index contributed by atoms with van der Waals surface area (Å²) in [6.45, 7) is 3.92. The second-order valence-corrected chi connectivity index (χ2v) is 4.47. The number of rotatable bonds is 5. The average molecular weight is 240 g/mol. The molecule has 1 rings (SSSR count). The molecule has 0 aromatic carbocycles. The Balaban J connectivity index is 2.39. The van der Waals surface area contributed by atoms with Crippen molar-refractivity contribution < 1.29 is 4.79 Å². The lowest BCUT2D eigenvalue weighted by Crippen LogP contribution is -2.45. The normalized spacial score (nSPS) is 11.1. The third-order valence-corrected chi connectivity index (χ3v) is 2.90. The molecule has 1 heterocycles. The fourth-order valence-corrected chi connectivity index (χ4v) is 1.15. The summed E-state index contributed by atoms with van der Waals surface area (Å²) in [5, 5.41) is 2.78. The highest BCUT2D eigenvalue weighted by molar-refractivity contribution is 7.80. The van der Waals surface area contributed by atoms with Crippen molar-refractivity contribution in [3.05, 3.63) is 18.2 Å². The maximum absolute atomic E-state index is 11.7. The Hall–Kier alpha value is -1.43. The van der Waals surface area contributed by atoms with Gasteiger partial charge >= 0.3 is 0 Å². The molecule has 0 aliphatic heterocycles. The van der Waals surface area contributed by atoms with Gasteiger partial charge in [0.2, 0.25) is 5.91 Å². The third-order valence-electron chi connectivity index (χ3n) is 2.39. The Morgan fingerprint density at radius 2 is 2.38 bits per heavy atom. The highest BCUT2D eigenvalue weighted by atomic mass is 32.1. The summed E-state index contributed by atoms with van der Waals surface area (Å²) >= 11 is 4.84. The van der Waals surface area contributed by atoms with Crippen molar-refractivity contribution in [2.24, 2.45) is 11.1 Å². The Bertz CT molecular complexity index is 372. The van der Waals surface area contributed by atoms with Gasteiger partial charge in [-0.1, -0.05) is 12.2 Å². The first-order valence-corrected chi connectivity index (χ1v) is 5.42. The van der Waals surface area contributed by atoms with Gasteiger partial charge in [-0.2, -0.15) is 0 Å². The minimum atomic E-state index is -0.807. The maximum Gasteiger partial charge on any atom is 0.232 e. The highest BCUT2D eigenvalue weighted by Gasteiger charge is 2.30. The van der Waals surface area contributed by atoms with Gasteiger partial charge in [0.1, 0.15) is 5.82 Å². The van der Waals surface area contributed by atoms with Crippen LogP contribution in [0.5, 0.6) is 0 Å². The van der Waals surface area contributed by atoms with Gasteiger partial charge in [0.25, 0.3) is 0 Å². The summed E-state index contributed by atoms with van der Waals surface area (Å²) in [6, 6.07) is 0. The van der Waals surface area contributed by atoms with Crippen LogP contribution in [0.1, 0.15) is 19.7 Å². The lowest BCUT2D eigenvalue weighted by molar-refractivity contribution is -0.126. The molecule has 4 N–H and O–H groups in total. The number of imidazole rings is 1. The van der Waals surface area contributed by atoms with E-state index in [4.69, 9.17) is 18.0 Å².